The number of hydrogen-bond donors (Lipinski definition) is 2. The lowest BCUT2D eigenvalue weighted by Gasteiger charge is -2.22. The van der Waals surface area contributed by atoms with Crippen LogP contribution in [0.15, 0.2) is 18.2 Å². The first-order valence-electron chi connectivity index (χ1n) is 7.52. The summed E-state index contributed by atoms with van der Waals surface area (Å²) in [5.74, 6) is -0.405. The van der Waals surface area contributed by atoms with E-state index in [0.29, 0.717) is 0 Å². The second kappa shape index (κ2) is 8.31. The van der Waals surface area contributed by atoms with E-state index in [1.54, 1.807) is 0 Å². The predicted octanol–water partition coefficient (Wildman–Crippen LogP) is 2.60. The maximum atomic E-state index is 12.3. The minimum atomic E-state index is -4.69. The van der Waals surface area contributed by atoms with Gasteiger partial charge in [0.1, 0.15) is 0 Å². The number of carbonyl (C=O) groups is 1. The highest BCUT2D eigenvalue weighted by atomic mass is 19.4. The van der Waals surface area contributed by atoms with E-state index in [-0.39, 0.29) is 6.54 Å². The number of aliphatic hydroxyl groups excluding tert-OH is 1. The first-order chi connectivity index (χ1) is 10.7. The van der Waals surface area contributed by atoms with E-state index < -0.39 is 24.7 Å². The van der Waals surface area contributed by atoms with E-state index in [0.717, 1.165) is 34.6 Å². The molecule has 23 heavy (non-hydrogen) atoms. The van der Waals surface area contributed by atoms with Crippen molar-refractivity contribution in [3.8, 4) is 0 Å². The van der Waals surface area contributed by atoms with Gasteiger partial charge in [-0.2, -0.15) is 13.2 Å². The lowest BCUT2D eigenvalue weighted by Crippen LogP contribution is -2.42. The number of likely N-dealkylation sites (N-methyl/N-ethyl adjacent to an activating group) is 1. The van der Waals surface area contributed by atoms with Gasteiger partial charge in [-0.1, -0.05) is 32.0 Å². The van der Waals surface area contributed by atoms with Gasteiger partial charge in [0.25, 0.3) is 0 Å². The van der Waals surface area contributed by atoms with Gasteiger partial charge in [0, 0.05) is 12.2 Å². The first-order valence-corrected chi connectivity index (χ1v) is 7.52. The highest BCUT2D eigenvalue weighted by Crippen LogP contribution is 2.23. The second-order valence-electron chi connectivity index (χ2n) is 5.46. The second-order valence-corrected chi connectivity index (χ2v) is 5.46. The monoisotopic (exact) mass is 332 g/mol. The average Bonchev–Trinajstić information content (AvgIpc) is 2.46. The summed E-state index contributed by atoms with van der Waals surface area (Å²) in [5, 5.41) is 11.8. The molecule has 130 valence electrons. The number of amides is 1. The van der Waals surface area contributed by atoms with Crippen molar-refractivity contribution in [2.24, 2.45) is 0 Å². The number of anilines is 1. The third kappa shape index (κ3) is 5.84. The van der Waals surface area contributed by atoms with Crippen LogP contribution in [0.4, 0.5) is 18.9 Å². The summed E-state index contributed by atoms with van der Waals surface area (Å²) in [6.07, 6.45) is -5.66. The van der Waals surface area contributed by atoms with Gasteiger partial charge in [-0.25, -0.2) is 0 Å². The highest BCUT2D eigenvalue weighted by molar-refractivity contribution is 5.93. The molecule has 0 heterocycles. The Bertz CT molecular complexity index is 510. The van der Waals surface area contributed by atoms with E-state index >= 15 is 0 Å². The Hall–Kier alpha value is -1.60. The van der Waals surface area contributed by atoms with Gasteiger partial charge in [0.15, 0.2) is 6.10 Å². The molecule has 0 saturated heterocycles. The predicted molar refractivity (Wildman–Crippen MR) is 83.4 cm³/mol. The molecule has 4 nitrogen and oxygen atoms in total. The van der Waals surface area contributed by atoms with Crippen LogP contribution in [0.2, 0.25) is 0 Å². The fourth-order valence-electron chi connectivity index (χ4n) is 2.29. The number of aryl methyl sites for hydroxylation is 2. The number of carbonyl (C=O) groups excluding carboxylic acids is 1. The molecule has 0 spiro atoms. The van der Waals surface area contributed by atoms with Crippen molar-refractivity contribution in [2.45, 2.75) is 39.0 Å². The van der Waals surface area contributed by atoms with Crippen molar-refractivity contribution in [3.05, 3.63) is 29.3 Å². The van der Waals surface area contributed by atoms with Crippen LogP contribution in [-0.4, -0.2) is 48.3 Å². The Labute approximate surface area is 134 Å². The quantitative estimate of drug-likeness (QED) is 0.807. The minimum Gasteiger partial charge on any atom is -0.382 e. The molecule has 0 bridgehead atoms. The van der Waals surface area contributed by atoms with Gasteiger partial charge in [0.2, 0.25) is 5.91 Å². The van der Waals surface area contributed by atoms with Gasteiger partial charge < -0.3 is 10.4 Å². The van der Waals surface area contributed by atoms with Crippen LogP contribution in [0.3, 0.4) is 0 Å². The zero-order valence-electron chi connectivity index (χ0n) is 13.6. The molecule has 0 aliphatic carbocycles. The molecule has 0 aliphatic heterocycles. The van der Waals surface area contributed by atoms with Crippen LogP contribution in [0, 0.1) is 0 Å². The summed E-state index contributed by atoms with van der Waals surface area (Å²) in [4.78, 5) is 13.2. The molecule has 7 heteroatoms. The molecule has 0 aliphatic rings. The number of rotatable bonds is 7. The lowest BCUT2D eigenvalue weighted by molar-refractivity contribution is -0.207. The number of nitrogens with zero attached hydrogens (tertiary/aromatic N) is 1. The largest absolute Gasteiger partial charge is 0.415 e. The van der Waals surface area contributed by atoms with Gasteiger partial charge >= 0.3 is 6.18 Å². The molecular formula is C16H23F3N2O2. The fourth-order valence-corrected chi connectivity index (χ4v) is 2.29. The van der Waals surface area contributed by atoms with Gasteiger partial charge in [-0.3, -0.25) is 9.69 Å². The Morgan fingerprint density at radius 1 is 1.26 bits per heavy atom. The van der Waals surface area contributed by atoms with Crippen LogP contribution in [0.1, 0.15) is 25.0 Å². The molecule has 1 unspecified atom stereocenters. The summed E-state index contributed by atoms with van der Waals surface area (Å²) >= 11 is 0. The van der Waals surface area contributed by atoms with Crippen molar-refractivity contribution in [3.63, 3.8) is 0 Å². The number of nitrogens with one attached hydrogen (secondary N) is 1. The smallest absolute Gasteiger partial charge is 0.382 e. The molecule has 0 aromatic heterocycles. The number of benzene rings is 1. The molecule has 1 aromatic carbocycles. The number of halogens is 3. The minimum absolute atomic E-state index is 0.228. The molecule has 1 amide bonds. The van der Waals surface area contributed by atoms with Crippen LogP contribution in [0.5, 0.6) is 0 Å². The first kappa shape index (κ1) is 19.4. The maximum absolute atomic E-state index is 12.3. The van der Waals surface area contributed by atoms with Crippen molar-refractivity contribution in [1.29, 1.82) is 0 Å². The average molecular weight is 332 g/mol. The molecule has 0 saturated carbocycles. The molecule has 1 rings (SSSR count). The molecular weight excluding hydrogens is 309 g/mol. The van der Waals surface area contributed by atoms with Crippen molar-refractivity contribution >= 4 is 11.6 Å². The van der Waals surface area contributed by atoms with Crippen molar-refractivity contribution < 1.29 is 23.1 Å². The SMILES string of the molecule is CCc1cccc(CC)c1NC(=O)CN(C)CC(O)C(F)(F)F. The molecule has 1 atom stereocenters. The fraction of sp³-hybridized carbons (Fsp3) is 0.562. The van der Waals surface area contributed by atoms with Crippen molar-refractivity contribution in [1.82, 2.24) is 4.90 Å². The summed E-state index contributed by atoms with van der Waals surface area (Å²) < 4.78 is 36.9. The Morgan fingerprint density at radius 3 is 2.22 bits per heavy atom. The molecule has 1 aromatic rings. The number of aliphatic hydroxyl groups is 1. The third-order valence-corrected chi connectivity index (χ3v) is 3.54. The van der Waals surface area contributed by atoms with Crippen molar-refractivity contribution in [2.75, 3.05) is 25.5 Å². The van der Waals surface area contributed by atoms with Crippen LogP contribution >= 0.6 is 0 Å². The van der Waals surface area contributed by atoms with E-state index in [2.05, 4.69) is 5.32 Å². The number of para-hydroxylation sites is 1. The van der Waals surface area contributed by atoms with Crippen LogP contribution in [0.25, 0.3) is 0 Å². The standard InChI is InChI=1S/C16H23F3N2O2/c1-4-11-7-6-8-12(5-2)15(11)20-14(23)10-21(3)9-13(22)16(17,18)19/h6-8,13,22H,4-5,9-10H2,1-3H3,(H,20,23). The molecule has 2 N–H and O–H groups in total. The van der Waals surface area contributed by atoms with E-state index in [1.807, 2.05) is 32.0 Å². The third-order valence-electron chi connectivity index (χ3n) is 3.54. The summed E-state index contributed by atoms with van der Waals surface area (Å²) in [6, 6.07) is 5.73. The van der Waals surface area contributed by atoms with Gasteiger partial charge in [-0.05, 0) is 31.0 Å². The summed E-state index contributed by atoms with van der Waals surface area (Å²) in [7, 11) is 1.36. The Morgan fingerprint density at radius 2 is 1.78 bits per heavy atom. The normalized spacial score (nSPS) is 13.2. The van der Waals surface area contributed by atoms with Crippen LogP contribution < -0.4 is 5.32 Å². The van der Waals surface area contributed by atoms with E-state index in [1.165, 1.54) is 7.05 Å². The zero-order valence-corrected chi connectivity index (χ0v) is 13.6. The van der Waals surface area contributed by atoms with E-state index in [9.17, 15) is 18.0 Å². The van der Waals surface area contributed by atoms with Gasteiger partial charge in [0.05, 0.1) is 6.54 Å². The molecule has 0 radical (unpaired) electrons. The van der Waals surface area contributed by atoms with E-state index in [4.69, 9.17) is 5.11 Å². The van der Waals surface area contributed by atoms with Crippen LogP contribution in [-0.2, 0) is 17.6 Å². The highest BCUT2D eigenvalue weighted by Gasteiger charge is 2.38. The zero-order chi connectivity index (χ0) is 17.6. The lowest BCUT2D eigenvalue weighted by atomic mass is 10.0. The summed E-state index contributed by atoms with van der Waals surface area (Å²) in [5.41, 5.74) is 2.69. The number of hydrogen-bond acceptors (Lipinski definition) is 3. The molecule has 0 fully saturated rings. The Balaban J connectivity index is 2.70. The van der Waals surface area contributed by atoms with Gasteiger partial charge in [-0.15, -0.1) is 0 Å². The summed E-state index contributed by atoms with van der Waals surface area (Å²) in [6.45, 7) is 3.06. The maximum Gasteiger partial charge on any atom is 0.415 e. The Kier molecular flexibility index (Phi) is 7.02. The topological polar surface area (TPSA) is 52.6 Å². The number of alkyl halides is 3.